The SMILES string of the molecule is CN1CCC(COc2cnn(C)c2)C1. The largest absolute Gasteiger partial charge is 0.490 e. The van der Waals surface area contributed by atoms with Crippen LogP contribution in [0.1, 0.15) is 6.42 Å². The predicted octanol–water partition coefficient (Wildman–Crippen LogP) is 0.751. The number of aromatic nitrogens is 2. The third-order valence-corrected chi connectivity index (χ3v) is 2.66. The Kier molecular flexibility index (Phi) is 2.72. The van der Waals surface area contributed by atoms with Crippen LogP contribution in [0.5, 0.6) is 5.75 Å². The second-order valence-corrected chi connectivity index (χ2v) is 4.08. The molecule has 1 fully saturated rings. The van der Waals surface area contributed by atoms with E-state index in [1.54, 1.807) is 10.9 Å². The van der Waals surface area contributed by atoms with Gasteiger partial charge in [-0.15, -0.1) is 0 Å². The molecule has 1 aliphatic rings. The topological polar surface area (TPSA) is 30.3 Å². The van der Waals surface area contributed by atoms with Crippen molar-refractivity contribution in [2.75, 3.05) is 26.7 Å². The van der Waals surface area contributed by atoms with Crippen molar-refractivity contribution < 1.29 is 4.74 Å². The van der Waals surface area contributed by atoms with Crippen LogP contribution in [0.3, 0.4) is 0 Å². The zero-order valence-corrected chi connectivity index (χ0v) is 8.81. The summed E-state index contributed by atoms with van der Waals surface area (Å²) in [5, 5.41) is 4.06. The Morgan fingerprint density at radius 3 is 3.00 bits per heavy atom. The summed E-state index contributed by atoms with van der Waals surface area (Å²) in [5.41, 5.74) is 0. The maximum Gasteiger partial charge on any atom is 0.157 e. The fourth-order valence-corrected chi connectivity index (χ4v) is 1.85. The standard InChI is InChI=1S/C10H17N3O/c1-12-4-3-9(6-12)8-14-10-5-11-13(2)7-10/h5,7,9H,3-4,6,8H2,1-2H3. The van der Waals surface area contributed by atoms with E-state index in [1.165, 1.54) is 13.0 Å². The number of aryl methyl sites for hydroxylation is 1. The first kappa shape index (κ1) is 9.52. The van der Waals surface area contributed by atoms with Gasteiger partial charge in [0.05, 0.1) is 19.0 Å². The summed E-state index contributed by atoms with van der Waals surface area (Å²) >= 11 is 0. The molecule has 2 heterocycles. The Hall–Kier alpha value is -1.03. The third kappa shape index (κ3) is 2.26. The highest BCUT2D eigenvalue weighted by molar-refractivity contribution is 5.11. The number of likely N-dealkylation sites (tertiary alicyclic amines) is 1. The van der Waals surface area contributed by atoms with Crippen molar-refractivity contribution in [2.24, 2.45) is 13.0 Å². The van der Waals surface area contributed by atoms with Crippen molar-refractivity contribution in [3.05, 3.63) is 12.4 Å². The fourth-order valence-electron chi connectivity index (χ4n) is 1.85. The maximum atomic E-state index is 5.65. The molecular formula is C10H17N3O. The molecule has 0 aliphatic carbocycles. The van der Waals surface area contributed by atoms with Gasteiger partial charge in [-0.05, 0) is 20.0 Å². The normalized spacial score (nSPS) is 22.9. The Labute approximate surface area is 84.5 Å². The van der Waals surface area contributed by atoms with E-state index in [2.05, 4.69) is 17.0 Å². The predicted molar refractivity (Wildman–Crippen MR) is 54.3 cm³/mol. The minimum absolute atomic E-state index is 0.681. The molecule has 78 valence electrons. The van der Waals surface area contributed by atoms with Crippen LogP contribution in [0, 0.1) is 5.92 Å². The number of ether oxygens (including phenoxy) is 1. The number of hydrogen-bond donors (Lipinski definition) is 0. The zero-order valence-electron chi connectivity index (χ0n) is 8.81. The molecule has 1 aromatic heterocycles. The van der Waals surface area contributed by atoms with Crippen LogP contribution in [0.15, 0.2) is 12.4 Å². The van der Waals surface area contributed by atoms with Gasteiger partial charge in [0, 0.05) is 19.5 Å². The van der Waals surface area contributed by atoms with Gasteiger partial charge in [0.2, 0.25) is 0 Å². The molecule has 0 N–H and O–H groups in total. The average Bonchev–Trinajstić information content (AvgIpc) is 2.72. The summed E-state index contributed by atoms with van der Waals surface area (Å²) in [4.78, 5) is 2.34. The number of nitrogens with zero attached hydrogens (tertiary/aromatic N) is 3. The van der Waals surface area contributed by atoms with Gasteiger partial charge in [0.1, 0.15) is 0 Å². The van der Waals surface area contributed by atoms with Gasteiger partial charge in [-0.25, -0.2) is 0 Å². The molecule has 2 rings (SSSR count). The first-order chi connectivity index (χ1) is 6.74. The first-order valence-electron chi connectivity index (χ1n) is 5.04. The van der Waals surface area contributed by atoms with Crippen molar-refractivity contribution in [3.63, 3.8) is 0 Å². The fraction of sp³-hybridized carbons (Fsp3) is 0.700. The first-order valence-corrected chi connectivity index (χ1v) is 5.04. The van der Waals surface area contributed by atoms with Crippen LogP contribution >= 0.6 is 0 Å². The molecule has 1 aromatic rings. The average molecular weight is 195 g/mol. The highest BCUT2D eigenvalue weighted by atomic mass is 16.5. The van der Waals surface area contributed by atoms with Crippen LogP contribution in [-0.2, 0) is 7.05 Å². The Morgan fingerprint density at radius 1 is 1.57 bits per heavy atom. The molecule has 0 saturated carbocycles. The lowest BCUT2D eigenvalue weighted by Gasteiger charge is -2.10. The van der Waals surface area contributed by atoms with E-state index < -0.39 is 0 Å². The lowest BCUT2D eigenvalue weighted by atomic mass is 10.1. The number of rotatable bonds is 3. The van der Waals surface area contributed by atoms with Crippen LogP contribution in [0.4, 0.5) is 0 Å². The second-order valence-electron chi connectivity index (χ2n) is 4.08. The van der Waals surface area contributed by atoms with Crippen molar-refractivity contribution in [2.45, 2.75) is 6.42 Å². The molecular weight excluding hydrogens is 178 g/mol. The second kappa shape index (κ2) is 4.00. The van der Waals surface area contributed by atoms with Gasteiger partial charge in [0.15, 0.2) is 5.75 Å². The highest BCUT2D eigenvalue weighted by Gasteiger charge is 2.19. The minimum atomic E-state index is 0.681. The summed E-state index contributed by atoms with van der Waals surface area (Å²) in [5.74, 6) is 1.56. The van der Waals surface area contributed by atoms with E-state index in [-0.39, 0.29) is 0 Å². The van der Waals surface area contributed by atoms with Crippen LogP contribution in [-0.4, -0.2) is 41.4 Å². The van der Waals surface area contributed by atoms with Crippen molar-refractivity contribution in [1.29, 1.82) is 0 Å². The molecule has 1 saturated heterocycles. The summed E-state index contributed by atoms with van der Waals surface area (Å²) < 4.78 is 7.41. The van der Waals surface area contributed by atoms with Gasteiger partial charge in [-0.1, -0.05) is 0 Å². The van der Waals surface area contributed by atoms with E-state index in [9.17, 15) is 0 Å². The van der Waals surface area contributed by atoms with E-state index >= 15 is 0 Å². The van der Waals surface area contributed by atoms with Crippen molar-refractivity contribution in [1.82, 2.24) is 14.7 Å². The quantitative estimate of drug-likeness (QED) is 0.713. The van der Waals surface area contributed by atoms with Crippen molar-refractivity contribution >= 4 is 0 Å². The summed E-state index contributed by atoms with van der Waals surface area (Å²) in [6.07, 6.45) is 4.91. The van der Waals surface area contributed by atoms with Crippen LogP contribution in [0.25, 0.3) is 0 Å². The molecule has 0 aromatic carbocycles. The summed E-state index contributed by atoms with van der Waals surface area (Å²) in [6, 6.07) is 0. The Bertz CT molecular complexity index is 297. The summed E-state index contributed by atoms with van der Waals surface area (Å²) in [6.45, 7) is 3.16. The Morgan fingerprint density at radius 2 is 2.43 bits per heavy atom. The number of hydrogen-bond acceptors (Lipinski definition) is 3. The zero-order chi connectivity index (χ0) is 9.97. The van der Waals surface area contributed by atoms with Gasteiger partial charge >= 0.3 is 0 Å². The molecule has 0 spiro atoms. The molecule has 0 bridgehead atoms. The van der Waals surface area contributed by atoms with E-state index in [0.29, 0.717) is 5.92 Å². The van der Waals surface area contributed by atoms with Gasteiger partial charge in [-0.2, -0.15) is 5.10 Å². The smallest absolute Gasteiger partial charge is 0.157 e. The van der Waals surface area contributed by atoms with Crippen LogP contribution < -0.4 is 4.74 Å². The minimum Gasteiger partial charge on any atom is -0.490 e. The van der Waals surface area contributed by atoms with Crippen molar-refractivity contribution in [3.8, 4) is 5.75 Å². The highest BCUT2D eigenvalue weighted by Crippen LogP contribution is 2.16. The lowest BCUT2D eigenvalue weighted by molar-refractivity contribution is 0.249. The van der Waals surface area contributed by atoms with Gasteiger partial charge < -0.3 is 9.64 Å². The van der Waals surface area contributed by atoms with Gasteiger partial charge in [0.25, 0.3) is 0 Å². The molecule has 4 heteroatoms. The molecule has 1 aliphatic heterocycles. The molecule has 1 atom stereocenters. The maximum absolute atomic E-state index is 5.65. The molecule has 4 nitrogen and oxygen atoms in total. The van der Waals surface area contributed by atoms with E-state index in [4.69, 9.17) is 4.74 Å². The Balaban J connectivity index is 1.77. The molecule has 0 radical (unpaired) electrons. The monoisotopic (exact) mass is 195 g/mol. The summed E-state index contributed by atoms with van der Waals surface area (Å²) in [7, 11) is 4.06. The van der Waals surface area contributed by atoms with E-state index in [0.717, 1.165) is 18.9 Å². The molecule has 0 amide bonds. The third-order valence-electron chi connectivity index (χ3n) is 2.66. The molecule has 14 heavy (non-hydrogen) atoms. The lowest BCUT2D eigenvalue weighted by Crippen LogP contribution is -2.17. The van der Waals surface area contributed by atoms with Gasteiger partial charge in [-0.3, -0.25) is 4.68 Å². The van der Waals surface area contributed by atoms with Crippen LogP contribution in [0.2, 0.25) is 0 Å². The van der Waals surface area contributed by atoms with E-state index in [1.807, 2.05) is 13.2 Å². The molecule has 1 unspecified atom stereocenters.